The van der Waals surface area contributed by atoms with Crippen LogP contribution in [0.3, 0.4) is 0 Å². The molecule has 3 nitrogen and oxygen atoms in total. The summed E-state index contributed by atoms with van der Waals surface area (Å²) < 4.78 is 50.7. The first-order chi connectivity index (χ1) is 8.75. The molecule has 1 rings (SSSR count). The third-order valence-corrected chi connectivity index (χ3v) is 2.49. The Morgan fingerprint density at radius 1 is 1.42 bits per heavy atom. The molecule has 1 atom stereocenters. The van der Waals surface area contributed by atoms with Gasteiger partial charge in [-0.1, -0.05) is 13.3 Å². The number of amides is 1. The normalized spacial score (nSPS) is 13.2. The molecule has 0 spiro atoms. The van der Waals surface area contributed by atoms with E-state index in [1.807, 2.05) is 0 Å². The summed E-state index contributed by atoms with van der Waals surface area (Å²) in [5.74, 6) is -1.65. The van der Waals surface area contributed by atoms with Gasteiger partial charge in [-0.3, -0.25) is 4.79 Å². The molecule has 0 aliphatic carbocycles. The van der Waals surface area contributed by atoms with Gasteiger partial charge in [-0.05, 0) is 24.6 Å². The Kier molecular flexibility index (Phi) is 4.88. The molecule has 0 heterocycles. The average Bonchev–Trinajstić information content (AvgIpc) is 2.30. The molecular formula is C12H14F4N2O. The van der Waals surface area contributed by atoms with Crippen LogP contribution in [-0.2, 0) is 11.0 Å². The van der Waals surface area contributed by atoms with Gasteiger partial charge in [0, 0.05) is 0 Å². The highest BCUT2D eigenvalue weighted by Gasteiger charge is 2.31. The smallest absolute Gasteiger partial charge is 0.322 e. The van der Waals surface area contributed by atoms with Gasteiger partial charge in [0.1, 0.15) is 5.82 Å². The zero-order valence-electron chi connectivity index (χ0n) is 10.2. The molecule has 1 aromatic carbocycles. The number of nitrogens with one attached hydrogen (secondary N) is 1. The zero-order chi connectivity index (χ0) is 14.6. The summed E-state index contributed by atoms with van der Waals surface area (Å²) in [5.41, 5.74) is 3.94. The summed E-state index contributed by atoms with van der Waals surface area (Å²) in [5, 5.41) is 2.07. The second kappa shape index (κ2) is 6.01. The van der Waals surface area contributed by atoms with E-state index in [1.165, 1.54) is 0 Å². The molecule has 0 aliphatic heterocycles. The van der Waals surface area contributed by atoms with E-state index in [0.29, 0.717) is 31.0 Å². The molecule has 0 unspecified atom stereocenters. The number of benzene rings is 1. The van der Waals surface area contributed by atoms with Crippen LogP contribution < -0.4 is 11.1 Å². The highest BCUT2D eigenvalue weighted by Crippen LogP contribution is 2.31. The van der Waals surface area contributed by atoms with Gasteiger partial charge in [0.2, 0.25) is 5.91 Å². The van der Waals surface area contributed by atoms with Gasteiger partial charge < -0.3 is 11.1 Å². The van der Waals surface area contributed by atoms with E-state index in [1.54, 1.807) is 6.92 Å². The minimum absolute atomic E-state index is 0.367. The van der Waals surface area contributed by atoms with E-state index >= 15 is 0 Å². The van der Waals surface area contributed by atoms with Gasteiger partial charge in [0.15, 0.2) is 0 Å². The molecule has 19 heavy (non-hydrogen) atoms. The monoisotopic (exact) mass is 278 g/mol. The number of nitrogens with two attached hydrogens (primary N) is 1. The Labute approximate surface area is 107 Å². The minimum atomic E-state index is -4.60. The van der Waals surface area contributed by atoms with E-state index in [4.69, 9.17) is 5.73 Å². The molecule has 0 saturated carbocycles. The maximum atomic E-state index is 13.3. The number of carbonyl (C=O) groups excluding carboxylic acids is 1. The average molecular weight is 278 g/mol. The molecule has 1 amide bonds. The molecule has 0 radical (unpaired) electrons. The van der Waals surface area contributed by atoms with Gasteiger partial charge >= 0.3 is 6.18 Å². The highest BCUT2D eigenvalue weighted by atomic mass is 19.4. The Balaban J connectivity index is 2.92. The van der Waals surface area contributed by atoms with Crippen molar-refractivity contribution in [1.29, 1.82) is 0 Å². The van der Waals surface area contributed by atoms with Crippen LogP contribution >= 0.6 is 0 Å². The van der Waals surface area contributed by atoms with Crippen molar-refractivity contribution >= 4 is 11.6 Å². The van der Waals surface area contributed by atoms with Gasteiger partial charge in [0.05, 0.1) is 17.3 Å². The summed E-state index contributed by atoms with van der Waals surface area (Å²) in [7, 11) is 0. The predicted octanol–water partition coefficient (Wildman–Crippen LogP) is 2.91. The Bertz CT molecular complexity index is 460. The Hall–Kier alpha value is -1.63. The van der Waals surface area contributed by atoms with Gasteiger partial charge in [-0.2, -0.15) is 13.2 Å². The number of hydrogen-bond donors (Lipinski definition) is 2. The molecule has 1 aromatic rings. The van der Waals surface area contributed by atoms with Crippen molar-refractivity contribution < 1.29 is 22.4 Å². The Morgan fingerprint density at radius 3 is 2.58 bits per heavy atom. The largest absolute Gasteiger partial charge is 0.416 e. The fourth-order valence-corrected chi connectivity index (χ4v) is 1.46. The lowest BCUT2D eigenvalue weighted by Gasteiger charge is -2.13. The maximum Gasteiger partial charge on any atom is 0.416 e. The topological polar surface area (TPSA) is 55.1 Å². The van der Waals surface area contributed by atoms with E-state index in [0.717, 1.165) is 0 Å². The zero-order valence-corrected chi connectivity index (χ0v) is 10.2. The summed E-state index contributed by atoms with van der Waals surface area (Å²) in [6.45, 7) is 1.80. The number of carbonyl (C=O) groups is 1. The highest BCUT2D eigenvalue weighted by molar-refractivity contribution is 5.94. The maximum absolute atomic E-state index is 13.3. The molecule has 0 bridgehead atoms. The SMILES string of the molecule is CCC[C@H](N)C(=O)Nc1cc(C(F)(F)F)ccc1F. The molecular weight excluding hydrogens is 264 g/mol. The number of rotatable bonds is 4. The summed E-state index contributed by atoms with van der Waals surface area (Å²) in [6, 6.07) is 0.936. The first-order valence-corrected chi connectivity index (χ1v) is 5.69. The second-order valence-electron chi connectivity index (χ2n) is 4.08. The van der Waals surface area contributed by atoms with Crippen LogP contribution in [0.5, 0.6) is 0 Å². The summed E-state index contributed by atoms with van der Waals surface area (Å²) >= 11 is 0. The third kappa shape index (κ3) is 4.20. The summed E-state index contributed by atoms with van der Waals surface area (Å²) in [6.07, 6.45) is -3.59. The molecule has 7 heteroatoms. The van der Waals surface area contributed by atoms with Crippen molar-refractivity contribution in [2.75, 3.05) is 5.32 Å². The Morgan fingerprint density at radius 2 is 2.05 bits per heavy atom. The lowest BCUT2D eigenvalue weighted by atomic mass is 10.1. The van der Waals surface area contributed by atoms with Crippen molar-refractivity contribution in [2.45, 2.75) is 32.0 Å². The molecule has 0 aromatic heterocycles. The van der Waals surface area contributed by atoms with Gasteiger partial charge in [-0.25, -0.2) is 4.39 Å². The van der Waals surface area contributed by atoms with E-state index in [-0.39, 0.29) is 0 Å². The number of halogens is 4. The van der Waals surface area contributed by atoms with E-state index in [9.17, 15) is 22.4 Å². The van der Waals surface area contributed by atoms with Gasteiger partial charge in [-0.15, -0.1) is 0 Å². The molecule has 0 fully saturated rings. The van der Waals surface area contributed by atoms with Crippen LogP contribution in [0, 0.1) is 5.82 Å². The van der Waals surface area contributed by atoms with Crippen LogP contribution in [0.2, 0.25) is 0 Å². The third-order valence-electron chi connectivity index (χ3n) is 2.49. The van der Waals surface area contributed by atoms with Crippen LogP contribution in [0.15, 0.2) is 18.2 Å². The molecule has 0 aliphatic rings. The quantitative estimate of drug-likeness (QED) is 0.832. The fraction of sp³-hybridized carbons (Fsp3) is 0.417. The standard InChI is InChI=1S/C12H14F4N2O/c1-2-3-9(17)11(19)18-10-6-7(12(14,15)16)4-5-8(10)13/h4-6,9H,2-3,17H2,1H3,(H,18,19)/t9-/m0/s1. The number of alkyl halides is 3. The van der Waals surface area contributed by atoms with E-state index in [2.05, 4.69) is 5.32 Å². The van der Waals surface area contributed by atoms with Crippen molar-refractivity contribution in [3.05, 3.63) is 29.6 Å². The fourth-order valence-electron chi connectivity index (χ4n) is 1.46. The van der Waals surface area contributed by atoms with Crippen molar-refractivity contribution in [1.82, 2.24) is 0 Å². The van der Waals surface area contributed by atoms with Crippen LogP contribution in [-0.4, -0.2) is 11.9 Å². The first-order valence-electron chi connectivity index (χ1n) is 5.69. The van der Waals surface area contributed by atoms with Crippen molar-refractivity contribution in [3.63, 3.8) is 0 Å². The first kappa shape index (κ1) is 15.4. The van der Waals surface area contributed by atoms with Crippen molar-refractivity contribution in [3.8, 4) is 0 Å². The second-order valence-corrected chi connectivity index (χ2v) is 4.08. The molecule has 3 N–H and O–H groups in total. The minimum Gasteiger partial charge on any atom is -0.322 e. The number of hydrogen-bond acceptors (Lipinski definition) is 2. The molecule has 0 saturated heterocycles. The van der Waals surface area contributed by atoms with Crippen LogP contribution in [0.4, 0.5) is 23.2 Å². The number of anilines is 1. The summed E-state index contributed by atoms with van der Waals surface area (Å²) in [4.78, 5) is 11.5. The van der Waals surface area contributed by atoms with Crippen LogP contribution in [0.1, 0.15) is 25.3 Å². The lowest BCUT2D eigenvalue weighted by Crippen LogP contribution is -2.35. The predicted molar refractivity (Wildman–Crippen MR) is 62.9 cm³/mol. The van der Waals surface area contributed by atoms with E-state index < -0.39 is 35.2 Å². The van der Waals surface area contributed by atoms with Crippen molar-refractivity contribution in [2.24, 2.45) is 5.73 Å². The van der Waals surface area contributed by atoms with Crippen LogP contribution in [0.25, 0.3) is 0 Å². The van der Waals surface area contributed by atoms with Gasteiger partial charge in [0.25, 0.3) is 0 Å². The molecule has 106 valence electrons. The lowest BCUT2D eigenvalue weighted by molar-refractivity contribution is -0.137.